The van der Waals surface area contributed by atoms with Crippen LogP contribution in [0.3, 0.4) is 0 Å². The molecule has 0 aromatic heterocycles. The number of nitrogens with one attached hydrogen (secondary N) is 2. The minimum Gasteiger partial charge on any atom is -0.394 e. The summed E-state index contributed by atoms with van der Waals surface area (Å²) in [5, 5.41) is 14.6. The molecule has 0 radical (unpaired) electrons. The van der Waals surface area contributed by atoms with Crippen LogP contribution in [-0.2, 0) is 0 Å². The van der Waals surface area contributed by atoms with E-state index in [1.165, 1.54) is 6.42 Å². The van der Waals surface area contributed by atoms with Crippen molar-refractivity contribution in [2.75, 3.05) is 13.7 Å². The van der Waals surface area contributed by atoms with Gasteiger partial charge in [-0.05, 0) is 12.8 Å². The molecule has 0 atom stereocenters. The minimum atomic E-state index is -0.363. The molecular weight excluding hydrogens is 168 g/mol. The Kier molecular flexibility index (Phi) is 3.54. The molecule has 1 saturated carbocycles. The SMILES string of the molecule is CNC(=O)NC1(CO)CCCCC1. The van der Waals surface area contributed by atoms with Gasteiger partial charge in [-0.1, -0.05) is 19.3 Å². The molecule has 1 fully saturated rings. The highest BCUT2D eigenvalue weighted by molar-refractivity contribution is 5.74. The van der Waals surface area contributed by atoms with Crippen LogP contribution in [-0.4, -0.2) is 30.3 Å². The molecule has 0 bridgehead atoms. The van der Waals surface area contributed by atoms with Crippen molar-refractivity contribution in [1.29, 1.82) is 0 Å². The maximum atomic E-state index is 11.1. The number of amides is 2. The summed E-state index contributed by atoms with van der Waals surface area (Å²) in [6, 6.07) is -0.198. The standard InChI is InChI=1S/C9H18N2O2/c1-10-8(13)11-9(7-12)5-3-2-4-6-9/h12H,2-7H2,1H3,(H2,10,11,13). The van der Waals surface area contributed by atoms with Crippen molar-refractivity contribution < 1.29 is 9.90 Å². The molecule has 0 heterocycles. The van der Waals surface area contributed by atoms with Crippen molar-refractivity contribution in [3.8, 4) is 0 Å². The molecule has 0 aromatic rings. The predicted octanol–water partition coefficient (Wildman–Crippen LogP) is 0.611. The molecular formula is C9H18N2O2. The first-order valence-corrected chi connectivity index (χ1v) is 4.83. The van der Waals surface area contributed by atoms with E-state index in [4.69, 9.17) is 0 Å². The van der Waals surface area contributed by atoms with Gasteiger partial charge in [0.1, 0.15) is 0 Å². The quantitative estimate of drug-likeness (QED) is 0.591. The van der Waals surface area contributed by atoms with Crippen LogP contribution in [0.15, 0.2) is 0 Å². The van der Waals surface area contributed by atoms with Crippen molar-refractivity contribution in [2.24, 2.45) is 0 Å². The summed E-state index contributed by atoms with van der Waals surface area (Å²) >= 11 is 0. The second-order valence-corrected chi connectivity index (χ2v) is 3.70. The van der Waals surface area contributed by atoms with Crippen LogP contribution in [0.4, 0.5) is 4.79 Å². The van der Waals surface area contributed by atoms with Crippen LogP contribution in [0.5, 0.6) is 0 Å². The molecule has 1 aliphatic carbocycles. The van der Waals surface area contributed by atoms with Gasteiger partial charge in [-0.15, -0.1) is 0 Å². The van der Waals surface area contributed by atoms with Crippen LogP contribution in [0.2, 0.25) is 0 Å². The van der Waals surface area contributed by atoms with Gasteiger partial charge >= 0.3 is 6.03 Å². The topological polar surface area (TPSA) is 61.4 Å². The molecule has 1 rings (SSSR count). The van der Waals surface area contributed by atoms with Crippen molar-refractivity contribution in [2.45, 2.75) is 37.6 Å². The molecule has 4 nitrogen and oxygen atoms in total. The maximum Gasteiger partial charge on any atom is 0.315 e. The van der Waals surface area contributed by atoms with Gasteiger partial charge in [-0.2, -0.15) is 0 Å². The average molecular weight is 186 g/mol. The predicted molar refractivity (Wildman–Crippen MR) is 50.5 cm³/mol. The molecule has 0 spiro atoms. The zero-order chi connectivity index (χ0) is 9.73. The van der Waals surface area contributed by atoms with Gasteiger partial charge in [-0.25, -0.2) is 4.79 Å². The highest BCUT2D eigenvalue weighted by Crippen LogP contribution is 2.27. The number of aliphatic hydroxyl groups is 1. The Morgan fingerprint density at radius 3 is 2.46 bits per heavy atom. The lowest BCUT2D eigenvalue weighted by atomic mass is 9.82. The molecule has 13 heavy (non-hydrogen) atoms. The third kappa shape index (κ3) is 2.59. The van der Waals surface area contributed by atoms with E-state index in [0.29, 0.717) is 0 Å². The van der Waals surface area contributed by atoms with E-state index in [0.717, 1.165) is 25.7 Å². The first-order chi connectivity index (χ1) is 6.22. The molecule has 4 heteroatoms. The summed E-state index contributed by atoms with van der Waals surface area (Å²) in [5.41, 5.74) is -0.363. The molecule has 0 unspecified atom stereocenters. The normalized spacial score (nSPS) is 20.8. The fourth-order valence-corrected chi connectivity index (χ4v) is 1.85. The fourth-order valence-electron chi connectivity index (χ4n) is 1.85. The molecule has 0 saturated heterocycles. The summed E-state index contributed by atoms with van der Waals surface area (Å²) in [7, 11) is 1.59. The van der Waals surface area contributed by atoms with Crippen LogP contribution in [0.25, 0.3) is 0 Å². The van der Waals surface area contributed by atoms with Gasteiger partial charge in [0.05, 0.1) is 12.1 Å². The molecule has 1 aliphatic rings. The van der Waals surface area contributed by atoms with E-state index < -0.39 is 0 Å². The number of carbonyl (C=O) groups excluding carboxylic acids is 1. The third-order valence-corrected chi connectivity index (χ3v) is 2.72. The van der Waals surface area contributed by atoms with Crippen LogP contribution < -0.4 is 10.6 Å². The van der Waals surface area contributed by atoms with E-state index >= 15 is 0 Å². The Labute approximate surface area is 78.7 Å². The number of aliphatic hydroxyl groups excluding tert-OH is 1. The van der Waals surface area contributed by atoms with Gasteiger partial charge in [0, 0.05) is 7.05 Å². The largest absolute Gasteiger partial charge is 0.394 e. The summed E-state index contributed by atoms with van der Waals surface area (Å²) in [6.45, 7) is 0.0421. The lowest BCUT2D eigenvalue weighted by Crippen LogP contribution is -2.54. The molecule has 3 N–H and O–H groups in total. The van der Waals surface area contributed by atoms with Crippen LogP contribution in [0.1, 0.15) is 32.1 Å². The van der Waals surface area contributed by atoms with Gasteiger partial charge < -0.3 is 15.7 Å². The summed E-state index contributed by atoms with van der Waals surface area (Å²) < 4.78 is 0. The molecule has 76 valence electrons. The molecule has 0 aromatic carbocycles. The second kappa shape index (κ2) is 4.46. The summed E-state index contributed by atoms with van der Waals surface area (Å²) in [6.07, 6.45) is 5.15. The fraction of sp³-hybridized carbons (Fsp3) is 0.889. The number of rotatable bonds is 2. The van der Waals surface area contributed by atoms with Gasteiger partial charge in [0.2, 0.25) is 0 Å². The second-order valence-electron chi connectivity index (χ2n) is 3.70. The maximum absolute atomic E-state index is 11.1. The smallest absolute Gasteiger partial charge is 0.315 e. The zero-order valence-electron chi connectivity index (χ0n) is 8.10. The van der Waals surface area contributed by atoms with E-state index in [-0.39, 0.29) is 18.2 Å². The van der Waals surface area contributed by atoms with Crippen LogP contribution >= 0.6 is 0 Å². The Balaban J connectivity index is 2.52. The number of carbonyl (C=O) groups is 1. The number of urea groups is 1. The highest BCUT2D eigenvalue weighted by Gasteiger charge is 2.32. The van der Waals surface area contributed by atoms with E-state index in [1.807, 2.05) is 0 Å². The zero-order valence-corrected chi connectivity index (χ0v) is 8.10. The number of hydrogen-bond acceptors (Lipinski definition) is 2. The van der Waals surface area contributed by atoms with Crippen molar-refractivity contribution >= 4 is 6.03 Å². The van der Waals surface area contributed by atoms with Crippen LogP contribution in [0, 0.1) is 0 Å². The van der Waals surface area contributed by atoms with E-state index in [2.05, 4.69) is 10.6 Å². The summed E-state index contributed by atoms with van der Waals surface area (Å²) in [4.78, 5) is 11.1. The average Bonchev–Trinajstić information content (AvgIpc) is 2.19. The lowest BCUT2D eigenvalue weighted by molar-refractivity contribution is 0.126. The van der Waals surface area contributed by atoms with Crippen molar-refractivity contribution in [3.63, 3.8) is 0 Å². The Morgan fingerprint density at radius 2 is 2.00 bits per heavy atom. The number of hydrogen-bond donors (Lipinski definition) is 3. The van der Waals surface area contributed by atoms with Crippen molar-refractivity contribution in [3.05, 3.63) is 0 Å². The van der Waals surface area contributed by atoms with E-state index in [1.54, 1.807) is 7.05 Å². The third-order valence-electron chi connectivity index (χ3n) is 2.72. The van der Waals surface area contributed by atoms with E-state index in [9.17, 15) is 9.90 Å². The van der Waals surface area contributed by atoms with Gasteiger partial charge in [0.25, 0.3) is 0 Å². The summed E-state index contributed by atoms with van der Waals surface area (Å²) in [5.74, 6) is 0. The highest BCUT2D eigenvalue weighted by atomic mass is 16.3. The Bertz CT molecular complexity index is 176. The first kappa shape index (κ1) is 10.3. The van der Waals surface area contributed by atoms with Gasteiger partial charge in [0.15, 0.2) is 0 Å². The molecule has 2 amide bonds. The van der Waals surface area contributed by atoms with Crippen molar-refractivity contribution in [1.82, 2.24) is 10.6 Å². The first-order valence-electron chi connectivity index (χ1n) is 4.83. The minimum absolute atomic E-state index is 0.0421. The lowest BCUT2D eigenvalue weighted by Gasteiger charge is -2.36. The Morgan fingerprint density at radius 1 is 1.38 bits per heavy atom. The van der Waals surface area contributed by atoms with Gasteiger partial charge in [-0.3, -0.25) is 0 Å². The molecule has 0 aliphatic heterocycles. The Hall–Kier alpha value is -0.770. The monoisotopic (exact) mass is 186 g/mol.